The van der Waals surface area contributed by atoms with Crippen molar-refractivity contribution in [1.82, 2.24) is 15.0 Å². The molecule has 12 heteroatoms. The lowest BCUT2D eigenvalue weighted by molar-refractivity contribution is 0.0126. The maximum absolute atomic E-state index is 11.3. The van der Waals surface area contributed by atoms with Crippen LogP contribution >= 0.6 is 0 Å². The summed E-state index contributed by atoms with van der Waals surface area (Å²) in [6.07, 6.45) is 0. The van der Waals surface area contributed by atoms with Gasteiger partial charge in [-0.3, -0.25) is 0 Å². The highest BCUT2D eigenvalue weighted by molar-refractivity contribution is 5.89. The molecular formula is C24H24N6O6. The van der Waals surface area contributed by atoms with Crippen molar-refractivity contribution in [3.8, 4) is 0 Å². The van der Waals surface area contributed by atoms with E-state index < -0.39 is 17.9 Å². The van der Waals surface area contributed by atoms with Gasteiger partial charge < -0.3 is 31.6 Å². The second kappa shape index (κ2) is 10.7. The Bertz CT molecular complexity index is 1120. The van der Waals surface area contributed by atoms with Crippen LogP contribution in [0.5, 0.6) is 0 Å². The molecule has 3 aromatic carbocycles. The number of benzene rings is 3. The molecule has 36 heavy (non-hydrogen) atoms. The first-order valence-corrected chi connectivity index (χ1v) is 10.8. The Morgan fingerprint density at radius 2 is 0.806 bits per heavy atom. The number of hydrazine groups is 3. The molecule has 0 amide bonds. The quantitative estimate of drug-likeness (QED) is 0.260. The first kappa shape index (κ1) is 24.5. The van der Waals surface area contributed by atoms with E-state index in [1.165, 1.54) is 36.4 Å². The van der Waals surface area contributed by atoms with Gasteiger partial charge in [0.05, 0.1) is 36.7 Å². The first-order valence-electron chi connectivity index (χ1n) is 10.8. The van der Waals surface area contributed by atoms with Crippen LogP contribution in [0.1, 0.15) is 31.1 Å². The molecule has 0 saturated carbocycles. The third-order valence-electron chi connectivity index (χ3n) is 5.21. The van der Waals surface area contributed by atoms with Gasteiger partial charge in [0.15, 0.2) is 0 Å². The minimum atomic E-state index is -1.04. The Labute approximate surface area is 205 Å². The molecule has 1 aliphatic heterocycles. The zero-order chi connectivity index (χ0) is 25.7. The lowest BCUT2D eigenvalue weighted by Gasteiger charge is -2.42. The molecule has 0 atom stereocenters. The fraction of sp³-hybridized carbons (Fsp3) is 0.125. The van der Waals surface area contributed by atoms with Crippen LogP contribution in [0.3, 0.4) is 0 Å². The highest BCUT2D eigenvalue weighted by Crippen LogP contribution is 2.19. The minimum absolute atomic E-state index is 0.137. The summed E-state index contributed by atoms with van der Waals surface area (Å²) in [6, 6.07) is 19.2. The van der Waals surface area contributed by atoms with Crippen molar-refractivity contribution in [3.63, 3.8) is 0 Å². The van der Waals surface area contributed by atoms with E-state index >= 15 is 0 Å². The molecule has 0 spiro atoms. The van der Waals surface area contributed by atoms with Gasteiger partial charge in [-0.1, -0.05) is 18.2 Å². The molecular weight excluding hydrogens is 468 g/mol. The van der Waals surface area contributed by atoms with E-state index in [1.54, 1.807) is 51.4 Å². The molecule has 0 unspecified atom stereocenters. The summed E-state index contributed by atoms with van der Waals surface area (Å²) >= 11 is 0. The Morgan fingerprint density at radius 3 is 1.06 bits per heavy atom. The second-order valence-electron chi connectivity index (χ2n) is 8.04. The van der Waals surface area contributed by atoms with E-state index in [2.05, 4.69) is 16.3 Å². The number of rotatable bonds is 9. The standard InChI is InChI=1S/C24H24N6O6/c31-22(32)16-4-1-7-19(10-16)25-28-13-29(26-20-8-2-5-17(11-20)23(33)34)15-30(14-28)27-21-9-3-6-18(12-21)24(35)36/h1-12,25-27H,13-15H2,(H,31,32)(H,33,34)(H,35,36). The van der Waals surface area contributed by atoms with Gasteiger partial charge in [-0.05, 0) is 54.6 Å². The number of nitrogens with zero attached hydrogens (tertiary/aromatic N) is 3. The van der Waals surface area contributed by atoms with Crippen LogP contribution in [0.15, 0.2) is 72.8 Å². The van der Waals surface area contributed by atoms with Crippen LogP contribution < -0.4 is 16.3 Å². The fourth-order valence-corrected chi connectivity index (χ4v) is 3.68. The molecule has 0 aromatic heterocycles. The Balaban J connectivity index is 1.54. The normalized spacial score (nSPS) is 14.7. The van der Waals surface area contributed by atoms with Gasteiger partial charge in [-0.2, -0.15) is 15.0 Å². The van der Waals surface area contributed by atoms with Crippen molar-refractivity contribution in [2.24, 2.45) is 0 Å². The third-order valence-corrected chi connectivity index (χ3v) is 5.21. The van der Waals surface area contributed by atoms with Gasteiger partial charge in [0.25, 0.3) is 0 Å². The van der Waals surface area contributed by atoms with Crippen LogP contribution in [0.4, 0.5) is 17.1 Å². The van der Waals surface area contributed by atoms with Gasteiger partial charge >= 0.3 is 17.9 Å². The summed E-state index contributed by atoms with van der Waals surface area (Å²) in [6.45, 7) is 1.01. The maximum Gasteiger partial charge on any atom is 0.335 e. The highest BCUT2D eigenvalue weighted by atomic mass is 16.4. The summed E-state index contributed by atoms with van der Waals surface area (Å²) in [7, 11) is 0. The Kier molecular flexibility index (Phi) is 7.30. The summed E-state index contributed by atoms with van der Waals surface area (Å²) in [5.41, 5.74) is 11.7. The Hall–Kier alpha value is -4.65. The van der Waals surface area contributed by atoms with Crippen molar-refractivity contribution < 1.29 is 29.7 Å². The molecule has 6 N–H and O–H groups in total. The molecule has 4 rings (SSSR count). The van der Waals surface area contributed by atoms with E-state index in [9.17, 15) is 29.7 Å². The van der Waals surface area contributed by atoms with Gasteiger partial charge in [-0.25, -0.2) is 14.4 Å². The van der Waals surface area contributed by atoms with Crippen LogP contribution in [-0.4, -0.2) is 68.3 Å². The average Bonchev–Trinajstić information content (AvgIpc) is 2.84. The number of carboxylic acid groups (broad SMARTS) is 3. The number of nitrogens with one attached hydrogen (secondary N) is 3. The van der Waals surface area contributed by atoms with Crippen LogP contribution in [-0.2, 0) is 0 Å². The predicted octanol–water partition coefficient (Wildman–Crippen LogP) is 2.95. The lowest BCUT2D eigenvalue weighted by atomic mass is 10.2. The number of hydrogen-bond acceptors (Lipinski definition) is 9. The highest BCUT2D eigenvalue weighted by Gasteiger charge is 2.24. The van der Waals surface area contributed by atoms with Gasteiger partial charge in [0.1, 0.15) is 0 Å². The van der Waals surface area contributed by atoms with Gasteiger partial charge in [0, 0.05) is 17.1 Å². The van der Waals surface area contributed by atoms with Crippen LogP contribution in [0.25, 0.3) is 0 Å². The summed E-state index contributed by atoms with van der Waals surface area (Å²) < 4.78 is 0. The molecule has 0 radical (unpaired) electrons. The molecule has 0 aliphatic carbocycles. The lowest BCUT2D eigenvalue weighted by Crippen LogP contribution is -2.59. The fourth-order valence-electron chi connectivity index (χ4n) is 3.68. The smallest absolute Gasteiger partial charge is 0.335 e. The summed E-state index contributed by atoms with van der Waals surface area (Å²) in [4.78, 5) is 34.0. The number of carbonyl (C=O) groups is 3. The second-order valence-corrected chi connectivity index (χ2v) is 8.04. The summed E-state index contributed by atoms with van der Waals surface area (Å²) in [5, 5.41) is 33.3. The Morgan fingerprint density at radius 1 is 0.528 bits per heavy atom. The molecule has 186 valence electrons. The zero-order valence-corrected chi connectivity index (χ0v) is 19.0. The third kappa shape index (κ3) is 6.27. The predicted molar refractivity (Wildman–Crippen MR) is 131 cm³/mol. The molecule has 3 aromatic rings. The average molecular weight is 492 g/mol. The van der Waals surface area contributed by atoms with E-state index in [1.807, 2.05) is 0 Å². The first-order chi connectivity index (χ1) is 17.3. The molecule has 12 nitrogen and oxygen atoms in total. The molecule has 1 heterocycles. The zero-order valence-electron chi connectivity index (χ0n) is 19.0. The topological polar surface area (TPSA) is 158 Å². The van der Waals surface area contributed by atoms with E-state index in [0.717, 1.165) is 0 Å². The van der Waals surface area contributed by atoms with Crippen molar-refractivity contribution in [2.45, 2.75) is 0 Å². The number of aromatic carboxylic acids is 3. The minimum Gasteiger partial charge on any atom is -0.478 e. The van der Waals surface area contributed by atoms with Crippen molar-refractivity contribution in [1.29, 1.82) is 0 Å². The van der Waals surface area contributed by atoms with Gasteiger partial charge in [0.2, 0.25) is 0 Å². The van der Waals surface area contributed by atoms with Crippen molar-refractivity contribution >= 4 is 35.0 Å². The van der Waals surface area contributed by atoms with Crippen molar-refractivity contribution in [2.75, 3.05) is 36.3 Å². The van der Waals surface area contributed by atoms with Gasteiger partial charge in [-0.15, -0.1) is 0 Å². The molecule has 1 saturated heterocycles. The van der Waals surface area contributed by atoms with E-state index in [0.29, 0.717) is 37.1 Å². The SMILES string of the molecule is O=C(O)c1cccc(NN2CN(Nc3cccc(C(=O)O)c3)CN(Nc3cccc(C(=O)O)c3)C2)c1. The van der Waals surface area contributed by atoms with Crippen LogP contribution in [0, 0.1) is 0 Å². The number of anilines is 3. The maximum atomic E-state index is 11.3. The van der Waals surface area contributed by atoms with Crippen LogP contribution in [0.2, 0.25) is 0 Å². The van der Waals surface area contributed by atoms with E-state index in [-0.39, 0.29) is 16.7 Å². The number of hydrogen-bond donors (Lipinski definition) is 6. The monoisotopic (exact) mass is 492 g/mol. The molecule has 1 fully saturated rings. The molecule has 0 bridgehead atoms. The largest absolute Gasteiger partial charge is 0.478 e. The summed E-state index contributed by atoms with van der Waals surface area (Å²) in [5.74, 6) is -3.12. The molecule has 1 aliphatic rings. The number of carboxylic acids is 3. The van der Waals surface area contributed by atoms with Crippen molar-refractivity contribution in [3.05, 3.63) is 89.5 Å². The van der Waals surface area contributed by atoms with E-state index in [4.69, 9.17) is 0 Å².